The topological polar surface area (TPSA) is 63.2 Å². The molecule has 1 heterocycles. The molecule has 110 valence electrons. The molecule has 0 bridgehead atoms. The fraction of sp³-hybridized carbons (Fsp3) is 0.462. The number of halogens is 2. The zero-order chi connectivity index (χ0) is 14.8. The van der Waals surface area contributed by atoms with E-state index in [0.717, 1.165) is 0 Å². The van der Waals surface area contributed by atoms with Crippen molar-refractivity contribution in [2.24, 2.45) is 5.92 Å². The summed E-state index contributed by atoms with van der Waals surface area (Å²) in [7, 11) is -3.47. The number of benzene rings is 1. The molecule has 0 aliphatic carbocycles. The molecule has 1 atom stereocenters. The third-order valence-electron chi connectivity index (χ3n) is 3.34. The summed E-state index contributed by atoms with van der Waals surface area (Å²) < 4.78 is 24.8. The van der Waals surface area contributed by atoms with Crippen LogP contribution in [0.4, 0.5) is 0 Å². The molecule has 2 rings (SSSR count). The second-order valence-corrected chi connectivity index (χ2v) is 7.75. The molecule has 1 aliphatic heterocycles. The molecule has 1 unspecified atom stereocenters. The average Bonchev–Trinajstić information content (AvgIpc) is 2.53. The maximum atomic E-state index is 12.4. The SMILES string of the molecule is O=C1CCC(CS(=O)(=O)c2ccc(Cl)cc2Cl)CCN1. The predicted octanol–water partition coefficient (Wildman–Crippen LogP) is 2.68. The van der Waals surface area contributed by atoms with Gasteiger partial charge in [-0.1, -0.05) is 23.2 Å². The minimum absolute atomic E-state index is 0.00329. The first kappa shape index (κ1) is 15.6. The summed E-state index contributed by atoms with van der Waals surface area (Å²) in [6.07, 6.45) is 1.61. The smallest absolute Gasteiger partial charge is 0.220 e. The molecular weight excluding hydrogens is 321 g/mol. The van der Waals surface area contributed by atoms with E-state index in [1.807, 2.05) is 0 Å². The summed E-state index contributed by atoms with van der Waals surface area (Å²) in [5.74, 6) is -0.0522. The first-order chi connectivity index (χ1) is 9.38. The summed E-state index contributed by atoms with van der Waals surface area (Å²) >= 11 is 11.7. The molecule has 1 aromatic carbocycles. The van der Waals surface area contributed by atoms with Gasteiger partial charge in [-0.15, -0.1) is 0 Å². The Kier molecular flexibility index (Phi) is 4.94. The van der Waals surface area contributed by atoms with E-state index >= 15 is 0 Å². The molecule has 0 radical (unpaired) electrons. The van der Waals surface area contributed by atoms with Gasteiger partial charge in [0.05, 0.1) is 15.7 Å². The molecular formula is C13H15Cl2NO3S. The number of sulfone groups is 1. The lowest BCUT2D eigenvalue weighted by atomic mass is 10.0. The van der Waals surface area contributed by atoms with Crippen LogP contribution in [0.25, 0.3) is 0 Å². The van der Waals surface area contributed by atoms with E-state index in [1.54, 1.807) is 0 Å². The average molecular weight is 336 g/mol. The van der Waals surface area contributed by atoms with Crippen LogP contribution in [0.3, 0.4) is 0 Å². The van der Waals surface area contributed by atoms with E-state index in [1.165, 1.54) is 18.2 Å². The molecule has 20 heavy (non-hydrogen) atoms. The number of rotatable bonds is 3. The lowest BCUT2D eigenvalue weighted by Crippen LogP contribution is -2.22. The van der Waals surface area contributed by atoms with E-state index in [2.05, 4.69) is 5.32 Å². The van der Waals surface area contributed by atoms with Crippen molar-refractivity contribution in [2.75, 3.05) is 12.3 Å². The van der Waals surface area contributed by atoms with Gasteiger partial charge in [-0.2, -0.15) is 0 Å². The van der Waals surface area contributed by atoms with Crippen LogP contribution in [-0.2, 0) is 14.6 Å². The van der Waals surface area contributed by atoms with Gasteiger partial charge in [0.25, 0.3) is 0 Å². The largest absolute Gasteiger partial charge is 0.356 e. The summed E-state index contributed by atoms with van der Waals surface area (Å²) in [6.45, 7) is 0.521. The molecule has 0 spiro atoms. The molecule has 1 fully saturated rings. The first-order valence-corrected chi connectivity index (χ1v) is 8.74. The Labute approximate surface area is 128 Å². The fourth-order valence-electron chi connectivity index (χ4n) is 2.28. The van der Waals surface area contributed by atoms with E-state index in [9.17, 15) is 13.2 Å². The Balaban J connectivity index is 2.16. The van der Waals surface area contributed by atoms with Gasteiger partial charge >= 0.3 is 0 Å². The highest BCUT2D eigenvalue weighted by Gasteiger charge is 2.25. The highest BCUT2D eigenvalue weighted by molar-refractivity contribution is 7.91. The van der Waals surface area contributed by atoms with Crippen molar-refractivity contribution >= 4 is 38.9 Å². The van der Waals surface area contributed by atoms with Crippen molar-refractivity contribution in [3.05, 3.63) is 28.2 Å². The number of hydrogen-bond donors (Lipinski definition) is 1. The van der Waals surface area contributed by atoms with Crippen LogP contribution in [0.5, 0.6) is 0 Å². The molecule has 1 aliphatic rings. The van der Waals surface area contributed by atoms with Crippen LogP contribution in [0.2, 0.25) is 10.0 Å². The lowest BCUT2D eigenvalue weighted by molar-refractivity contribution is -0.120. The Bertz CT molecular complexity index is 616. The normalized spacial score (nSPS) is 20.3. The summed E-state index contributed by atoms with van der Waals surface area (Å²) in [6, 6.07) is 4.37. The molecule has 7 heteroatoms. The van der Waals surface area contributed by atoms with Gasteiger partial charge in [0, 0.05) is 18.0 Å². The monoisotopic (exact) mass is 335 g/mol. The van der Waals surface area contributed by atoms with Crippen LogP contribution in [0.15, 0.2) is 23.1 Å². The fourth-order valence-corrected chi connectivity index (χ4v) is 4.80. The Morgan fingerprint density at radius 3 is 2.70 bits per heavy atom. The standard InChI is InChI=1S/C13H15Cl2NO3S/c14-10-2-3-12(11(15)7-10)20(18,19)8-9-1-4-13(17)16-6-5-9/h2-3,7,9H,1,4-6,8H2,(H,16,17). The van der Waals surface area contributed by atoms with Crippen LogP contribution >= 0.6 is 23.2 Å². The second kappa shape index (κ2) is 6.33. The molecule has 1 aromatic rings. The highest BCUT2D eigenvalue weighted by atomic mass is 35.5. The second-order valence-electron chi connectivity index (χ2n) is 4.90. The minimum atomic E-state index is -3.47. The first-order valence-electron chi connectivity index (χ1n) is 6.33. The highest BCUT2D eigenvalue weighted by Crippen LogP contribution is 2.28. The Morgan fingerprint density at radius 1 is 1.25 bits per heavy atom. The molecule has 1 amide bonds. The Morgan fingerprint density at radius 2 is 2.00 bits per heavy atom. The number of hydrogen-bond acceptors (Lipinski definition) is 3. The van der Waals surface area contributed by atoms with Crippen molar-refractivity contribution in [3.8, 4) is 0 Å². The molecule has 0 saturated carbocycles. The van der Waals surface area contributed by atoms with E-state index < -0.39 is 9.84 Å². The van der Waals surface area contributed by atoms with Gasteiger partial charge in [-0.05, 0) is 37.0 Å². The molecule has 4 nitrogen and oxygen atoms in total. The van der Waals surface area contributed by atoms with Gasteiger partial charge < -0.3 is 5.32 Å². The van der Waals surface area contributed by atoms with Crippen molar-refractivity contribution in [2.45, 2.75) is 24.2 Å². The summed E-state index contributed by atoms with van der Waals surface area (Å²) in [5, 5.41) is 3.28. The van der Waals surface area contributed by atoms with Crippen LogP contribution in [0.1, 0.15) is 19.3 Å². The van der Waals surface area contributed by atoms with Gasteiger partial charge in [0.2, 0.25) is 5.91 Å². The number of carbonyl (C=O) groups excluding carboxylic acids is 1. The van der Waals surface area contributed by atoms with Crippen LogP contribution < -0.4 is 5.32 Å². The maximum Gasteiger partial charge on any atom is 0.220 e. The van der Waals surface area contributed by atoms with Gasteiger partial charge in [-0.3, -0.25) is 4.79 Å². The predicted molar refractivity (Wildman–Crippen MR) is 78.9 cm³/mol. The lowest BCUT2D eigenvalue weighted by Gasteiger charge is -2.14. The third-order valence-corrected chi connectivity index (χ3v) is 5.93. The molecule has 0 aromatic heterocycles. The number of nitrogens with one attached hydrogen (secondary N) is 1. The molecule has 1 N–H and O–H groups in total. The zero-order valence-corrected chi connectivity index (χ0v) is 13.1. The molecule has 1 saturated heterocycles. The van der Waals surface area contributed by atoms with E-state index in [-0.39, 0.29) is 27.5 Å². The van der Waals surface area contributed by atoms with Gasteiger partial charge in [0.15, 0.2) is 9.84 Å². The quantitative estimate of drug-likeness (QED) is 0.923. The van der Waals surface area contributed by atoms with E-state index in [4.69, 9.17) is 23.2 Å². The summed E-state index contributed by atoms with van der Waals surface area (Å²) in [5.41, 5.74) is 0. The van der Waals surface area contributed by atoms with Gasteiger partial charge in [0.1, 0.15) is 0 Å². The minimum Gasteiger partial charge on any atom is -0.356 e. The van der Waals surface area contributed by atoms with Crippen molar-refractivity contribution in [1.29, 1.82) is 0 Å². The van der Waals surface area contributed by atoms with Crippen molar-refractivity contribution in [3.63, 3.8) is 0 Å². The van der Waals surface area contributed by atoms with E-state index in [0.29, 0.717) is 30.8 Å². The summed E-state index contributed by atoms with van der Waals surface area (Å²) in [4.78, 5) is 11.4. The van der Waals surface area contributed by atoms with Crippen LogP contribution in [-0.4, -0.2) is 26.6 Å². The van der Waals surface area contributed by atoms with Gasteiger partial charge in [-0.25, -0.2) is 8.42 Å². The third kappa shape index (κ3) is 3.87. The Hall–Kier alpha value is -0.780. The zero-order valence-electron chi connectivity index (χ0n) is 10.7. The van der Waals surface area contributed by atoms with Crippen molar-refractivity contribution in [1.82, 2.24) is 5.32 Å². The number of carbonyl (C=O) groups is 1. The number of amides is 1. The maximum absolute atomic E-state index is 12.4. The van der Waals surface area contributed by atoms with Crippen LogP contribution in [0, 0.1) is 5.92 Å². The van der Waals surface area contributed by atoms with Crippen molar-refractivity contribution < 1.29 is 13.2 Å².